The standard InChI is InChI=1S/C49H86O8P2/c1-15-17-19-21-23-25-27-36-29-38(45(3,4)5)42(39(30-36)46(6,7)8)44(49(33-50,34-55-58(51)52)35-56-59(53)54)57-43-40(47(9,10)11)31-37(32-41(43)48(12,13)14)28-26-24-22-20-18-16-2/h29-32,44,50-54H,15-28,33-35H2,1-14H3. The molecule has 0 aromatic heterocycles. The molecule has 0 fully saturated rings. The molecule has 0 amide bonds. The number of benzene rings is 2. The van der Waals surface area contributed by atoms with Gasteiger partial charge in [-0.1, -0.05) is 185 Å². The van der Waals surface area contributed by atoms with Gasteiger partial charge in [0.15, 0.2) is 0 Å². The summed E-state index contributed by atoms with van der Waals surface area (Å²) in [6.07, 6.45) is 15.4. The van der Waals surface area contributed by atoms with Crippen molar-refractivity contribution in [3.8, 4) is 5.75 Å². The van der Waals surface area contributed by atoms with Gasteiger partial charge in [-0.25, -0.2) is 0 Å². The molecule has 1 unspecified atom stereocenters. The van der Waals surface area contributed by atoms with E-state index >= 15 is 0 Å². The highest BCUT2D eigenvalue weighted by molar-refractivity contribution is 7.39. The zero-order valence-electron chi connectivity index (χ0n) is 39.8. The molecule has 5 N–H and O–H groups in total. The molecule has 2 aromatic carbocycles. The molecule has 59 heavy (non-hydrogen) atoms. The topological polar surface area (TPSA) is 129 Å². The van der Waals surface area contributed by atoms with Gasteiger partial charge in [-0.15, -0.1) is 0 Å². The van der Waals surface area contributed by atoms with Crippen molar-refractivity contribution in [1.29, 1.82) is 0 Å². The van der Waals surface area contributed by atoms with E-state index < -0.39 is 46.2 Å². The van der Waals surface area contributed by atoms with Gasteiger partial charge < -0.3 is 38.5 Å². The van der Waals surface area contributed by atoms with Crippen molar-refractivity contribution in [2.45, 2.75) is 215 Å². The second-order valence-corrected chi connectivity index (χ2v) is 22.8. The third kappa shape index (κ3) is 17.1. The summed E-state index contributed by atoms with van der Waals surface area (Å²) in [6, 6.07) is 9.18. The zero-order chi connectivity index (χ0) is 44.8. The first-order valence-corrected chi connectivity index (χ1v) is 24.9. The molecule has 0 radical (unpaired) electrons. The molecule has 1 atom stereocenters. The highest BCUT2D eigenvalue weighted by Crippen LogP contribution is 2.52. The lowest BCUT2D eigenvalue weighted by molar-refractivity contribution is -0.0674. The minimum atomic E-state index is -2.84. The molecule has 0 aliphatic heterocycles. The molecule has 340 valence electrons. The third-order valence-electron chi connectivity index (χ3n) is 11.6. The van der Waals surface area contributed by atoms with Crippen LogP contribution in [-0.2, 0) is 43.5 Å². The minimum Gasteiger partial charge on any atom is -0.484 e. The fraction of sp³-hybridized carbons (Fsp3) is 0.755. The van der Waals surface area contributed by atoms with Crippen molar-refractivity contribution < 1.29 is 38.5 Å². The van der Waals surface area contributed by atoms with E-state index in [2.05, 4.69) is 121 Å². The maximum atomic E-state index is 11.7. The second-order valence-electron chi connectivity index (χ2n) is 21.2. The first kappa shape index (κ1) is 54.0. The van der Waals surface area contributed by atoms with Crippen LogP contribution in [0.3, 0.4) is 0 Å². The van der Waals surface area contributed by atoms with Crippen LogP contribution in [0.4, 0.5) is 0 Å². The summed E-state index contributed by atoms with van der Waals surface area (Å²) < 4.78 is 18.9. The fourth-order valence-electron chi connectivity index (χ4n) is 8.02. The van der Waals surface area contributed by atoms with Crippen molar-refractivity contribution in [1.82, 2.24) is 0 Å². The first-order valence-electron chi connectivity index (χ1n) is 22.6. The van der Waals surface area contributed by atoms with Crippen LogP contribution >= 0.6 is 17.2 Å². The highest BCUT2D eigenvalue weighted by atomic mass is 31.2. The largest absolute Gasteiger partial charge is 0.484 e. The molecule has 0 spiro atoms. The van der Waals surface area contributed by atoms with Crippen molar-refractivity contribution in [3.63, 3.8) is 0 Å². The maximum absolute atomic E-state index is 11.7. The highest BCUT2D eigenvalue weighted by Gasteiger charge is 2.48. The van der Waals surface area contributed by atoms with Crippen LogP contribution in [0.25, 0.3) is 0 Å². The molecule has 0 bridgehead atoms. The Bertz CT molecular complexity index is 1450. The quantitative estimate of drug-likeness (QED) is 0.0493. The van der Waals surface area contributed by atoms with E-state index in [4.69, 9.17) is 13.8 Å². The molecule has 0 aliphatic rings. The SMILES string of the molecule is CCCCCCCCc1cc(C(C)(C)C)c(OC(c2c(C(C)(C)C)cc(CCCCCCCC)cc2C(C)(C)C)C(CO)(COP(O)O)COP(O)O)c(C(C)(C)C)c1. The molecule has 0 aliphatic carbocycles. The van der Waals surface area contributed by atoms with Gasteiger partial charge in [-0.3, -0.25) is 0 Å². The van der Waals surface area contributed by atoms with Gasteiger partial charge in [-0.2, -0.15) is 0 Å². The number of hydrogen-bond acceptors (Lipinski definition) is 8. The number of aryl methyl sites for hydroxylation is 2. The second kappa shape index (κ2) is 24.0. The summed E-state index contributed by atoms with van der Waals surface area (Å²) in [5.74, 6) is 0.709. The minimum absolute atomic E-state index is 0.346. The van der Waals surface area contributed by atoms with E-state index in [-0.39, 0.29) is 24.0 Å². The molecule has 2 aromatic rings. The Hall–Kier alpha value is -1.18. The van der Waals surface area contributed by atoms with Crippen molar-refractivity contribution in [2.24, 2.45) is 5.41 Å². The van der Waals surface area contributed by atoms with Gasteiger partial charge >= 0.3 is 17.2 Å². The Morgan fingerprint density at radius 1 is 0.492 bits per heavy atom. The van der Waals surface area contributed by atoms with Crippen LogP contribution in [-0.4, -0.2) is 44.5 Å². The van der Waals surface area contributed by atoms with Crippen LogP contribution < -0.4 is 4.74 Å². The summed E-state index contributed by atoms with van der Waals surface area (Å²) in [4.78, 5) is 40.8. The van der Waals surface area contributed by atoms with E-state index in [1.54, 1.807) is 0 Å². The molecular weight excluding hydrogens is 778 g/mol. The van der Waals surface area contributed by atoms with Crippen molar-refractivity contribution >= 4 is 17.2 Å². The van der Waals surface area contributed by atoms with Gasteiger partial charge in [0.05, 0.1) is 25.2 Å². The molecule has 0 heterocycles. The number of rotatable bonds is 25. The lowest BCUT2D eigenvalue weighted by Crippen LogP contribution is -2.46. The molecular formula is C49H86O8P2. The predicted octanol–water partition coefficient (Wildman–Crippen LogP) is 13.2. The molecule has 0 saturated heterocycles. The van der Waals surface area contributed by atoms with E-state index in [1.807, 2.05) is 0 Å². The van der Waals surface area contributed by atoms with Crippen LogP contribution in [0.1, 0.15) is 219 Å². The summed E-state index contributed by atoms with van der Waals surface area (Å²) >= 11 is 0. The molecule has 8 nitrogen and oxygen atoms in total. The average Bonchev–Trinajstić information content (AvgIpc) is 3.12. The Morgan fingerprint density at radius 2 is 0.814 bits per heavy atom. The normalized spacial score (nSPS) is 13.8. The van der Waals surface area contributed by atoms with Crippen LogP contribution in [0.15, 0.2) is 24.3 Å². The lowest BCUT2D eigenvalue weighted by Gasteiger charge is -2.44. The average molecular weight is 865 g/mol. The summed E-state index contributed by atoms with van der Waals surface area (Å²) in [6.45, 7) is 29.5. The Kier molecular flexibility index (Phi) is 22.0. The van der Waals surface area contributed by atoms with Crippen molar-refractivity contribution in [3.05, 3.63) is 63.2 Å². The van der Waals surface area contributed by atoms with E-state index in [0.29, 0.717) is 5.75 Å². The van der Waals surface area contributed by atoms with Crippen molar-refractivity contribution in [2.75, 3.05) is 19.8 Å². The first-order chi connectivity index (χ1) is 27.3. The van der Waals surface area contributed by atoms with Gasteiger partial charge in [0, 0.05) is 16.7 Å². The number of aliphatic hydroxyl groups excluding tert-OH is 1. The monoisotopic (exact) mass is 865 g/mol. The lowest BCUT2D eigenvalue weighted by atomic mass is 9.68. The van der Waals surface area contributed by atoms with Gasteiger partial charge in [-0.05, 0) is 69.6 Å². The fourth-order valence-corrected chi connectivity index (χ4v) is 8.77. The van der Waals surface area contributed by atoms with E-state index in [0.717, 1.165) is 53.5 Å². The maximum Gasteiger partial charge on any atom is 0.327 e. The van der Waals surface area contributed by atoms with E-state index in [1.165, 1.54) is 75.3 Å². The third-order valence-corrected chi connectivity index (χ3v) is 12.3. The van der Waals surface area contributed by atoms with E-state index in [9.17, 15) is 24.7 Å². The smallest absolute Gasteiger partial charge is 0.327 e. The number of aliphatic hydroxyl groups is 1. The summed E-state index contributed by atoms with van der Waals surface area (Å²) in [5.41, 5.74) is 4.57. The molecule has 10 heteroatoms. The van der Waals surface area contributed by atoms with Gasteiger partial charge in [0.2, 0.25) is 0 Å². The number of unbranched alkanes of at least 4 members (excludes halogenated alkanes) is 10. The number of ether oxygens (including phenoxy) is 1. The summed E-state index contributed by atoms with van der Waals surface area (Å²) in [7, 11) is -5.67. The Balaban J connectivity index is 3.14. The van der Waals surface area contributed by atoms with Crippen LogP contribution in [0.5, 0.6) is 5.75 Å². The Morgan fingerprint density at radius 3 is 1.12 bits per heavy atom. The van der Waals surface area contributed by atoms with Crippen LogP contribution in [0.2, 0.25) is 0 Å². The number of hydrogen-bond donors (Lipinski definition) is 5. The molecule has 2 rings (SSSR count). The zero-order valence-corrected chi connectivity index (χ0v) is 41.6. The van der Waals surface area contributed by atoms with Gasteiger partial charge in [0.1, 0.15) is 11.9 Å². The predicted molar refractivity (Wildman–Crippen MR) is 249 cm³/mol. The van der Waals surface area contributed by atoms with Gasteiger partial charge in [0.25, 0.3) is 0 Å². The summed E-state index contributed by atoms with van der Waals surface area (Å²) in [5, 5.41) is 11.7. The van der Waals surface area contributed by atoms with Crippen LogP contribution in [0, 0.1) is 5.41 Å². The Labute approximate surface area is 363 Å². The molecule has 0 saturated carbocycles.